The second-order valence-electron chi connectivity index (χ2n) is 5.95. The van der Waals surface area contributed by atoms with E-state index in [1.54, 1.807) is 12.1 Å². The van der Waals surface area contributed by atoms with Gasteiger partial charge in [-0.15, -0.1) is 0 Å². The molecular weight excluding hydrogens is 367 g/mol. The van der Waals surface area contributed by atoms with Crippen LogP contribution in [0.15, 0.2) is 66.7 Å². The predicted octanol–water partition coefficient (Wildman–Crippen LogP) is 5.11. The first-order valence-corrected chi connectivity index (χ1v) is 9.12. The molecule has 1 atom stereocenters. The molecule has 0 aliphatic rings. The summed E-state index contributed by atoms with van der Waals surface area (Å²) in [6.45, 7) is 1.19. The first-order valence-electron chi connectivity index (χ1n) is 8.36. The van der Waals surface area contributed by atoms with E-state index in [1.165, 1.54) is 0 Å². The van der Waals surface area contributed by atoms with E-state index >= 15 is 0 Å². The Morgan fingerprint density at radius 2 is 1.69 bits per heavy atom. The number of anilines is 1. The maximum atomic E-state index is 10.9. The van der Waals surface area contributed by atoms with Crippen LogP contribution in [0.5, 0.6) is 0 Å². The third kappa shape index (κ3) is 4.19. The number of aliphatic hydroxyl groups is 1. The van der Waals surface area contributed by atoms with Crippen LogP contribution >= 0.6 is 23.2 Å². The fraction of sp³-hybridized carbons (Fsp3) is 0.143. The van der Waals surface area contributed by atoms with Gasteiger partial charge < -0.3 is 16.2 Å². The number of nitrogens with one attached hydrogen (secondary N) is 1. The summed E-state index contributed by atoms with van der Waals surface area (Å²) in [4.78, 5) is 0. The average Bonchev–Trinajstić information content (AvgIpc) is 2.66. The first kappa shape index (κ1) is 18.7. The molecule has 4 N–H and O–H groups in total. The Morgan fingerprint density at radius 3 is 2.38 bits per heavy atom. The summed E-state index contributed by atoms with van der Waals surface area (Å²) in [5, 5.41) is 15.3. The Hall–Kier alpha value is -2.04. The van der Waals surface area contributed by atoms with Gasteiger partial charge in [0.1, 0.15) is 6.10 Å². The lowest BCUT2D eigenvalue weighted by molar-refractivity contribution is 0.221. The molecule has 0 heterocycles. The minimum atomic E-state index is -0.762. The molecule has 0 saturated carbocycles. The molecule has 0 amide bonds. The average molecular weight is 387 g/mol. The van der Waals surface area contributed by atoms with E-state index in [0.717, 1.165) is 27.9 Å². The van der Waals surface area contributed by atoms with Gasteiger partial charge in [-0.05, 0) is 41.0 Å². The molecule has 0 fully saturated rings. The van der Waals surface area contributed by atoms with Crippen molar-refractivity contribution in [3.63, 3.8) is 0 Å². The largest absolute Gasteiger partial charge is 0.384 e. The fourth-order valence-electron chi connectivity index (χ4n) is 2.88. The van der Waals surface area contributed by atoms with Gasteiger partial charge in [0, 0.05) is 34.4 Å². The van der Waals surface area contributed by atoms with E-state index in [2.05, 4.69) is 5.32 Å². The van der Waals surface area contributed by atoms with Gasteiger partial charge in [0.25, 0.3) is 0 Å². The zero-order chi connectivity index (χ0) is 18.5. The number of benzene rings is 3. The molecule has 0 aliphatic heterocycles. The molecule has 0 radical (unpaired) electrons. The molecule has 5 heteroatoms. The highest BCUT2D eigenvalue weighted by Crippen LogP contribution is 2.38. The van der Waals surface area contributed by atoms with Gasteiger partial charge in [0.05, 0.1) is 0 Å². The number of hydrogen-bond donors (Lipinski definition) is 3. The number of rotatable bonds is 6. The van der Waals surface area contributed by atoms with Crippen LogP contribution in [0.4, 0.5) is 5.69 Å². The van der Waals surface area contributed by atoms with Crippen LogP contribution < -0.4 is 11.1 Å². The first-order chi connectivity index (χ1) is 12.6. The lowest BCUT2D eigenvalue weighted by Crippen LogP contribution is -2.13. The number of aliphatic hydroxyl groups excluding tert-OH is 1. The van der Waals surface area contributed by atoms with E-state index in [-0.39, 0.29) is 0 Å². The highest BCUT2D eigenvalue weighted by molar-refractivity contribution is 6.36. The zero-order valence-electron chi connectivity index (χ0n) is 14.1. The van der Waals surface area contributed by atoms with Gasteiger partial charge in [-0.2, -0.15) is 0 Å². The van der Waals surface area contributed by atoms with Crippen LogP contribution in [-0.4, -0.2) is 18.2 Å². The molecule has 3 nitrogen and oxygen atoms in total. The summed E-state index contributed by atoms with van der Waals surface area (Å²) < 4.78 is 0. The minimum Gasteiger partial charge on any atom is -0.384 e. The van der Waals surface area contributed by atoms with Gasteiger partial charge in [0.15, 0.2) is 0 Å². The predicted molar refractivity (Wildman–Crippen MR) is 110 cm³/mol. The highest BCUT2D eigenvalue weighted by atomic mass is 35.5. The Labute approximate surface area is 163 Å². The Morgan fingerprint density at radius 1 is 0.923 bits per heavy atom. The van der Waals surface area contributed by atoms with E-state index in [4.69, 9.17) is 28.9 Å². The van der Waals surface area contributed by atoms with Crippen molar-refractivity contribution in [3.05, 3.63) is 87.9 Å². The number of hydrogen-bond acceptors (Lipinski definition) is 3. The van der Waals surface area contributed by atoms with E-state index in [1.807, 2.05) is 54.6 Å². The van der Waals surface area contributed by atoms with Crippen molar-refractivity contribution in [3.8, 4) is 11.1 Å². The zero-order valence-corrected chi connectivity index (χ0v) is 15.6. The maximum Gasteiger partial charge on any atom is 0.105 e. The normalized spacial score (nSPS) is 12.0. The summed E-state index contributed by atoms with van der Waals surface area (Å²) in [6.07, 6.45) is -0.762. The molecule has 0 aromatic heterocycles. The van der Waals surface area contributed by atoms with Crippen molar-refractivity contribution in [1.29, 1.82) is 0 Å². The molecule has 0 spiro atoms. The van der Waals surface area contributed by atoms with Crippen LogP contribution in [0.25, 0.3) is 11.1 Å². The van der Waals surface area contributed by atoms with Crippen molar-refractivity contribution >= 4 is 28.9 Å². The molecule has 26 heavy (non-hydrogen) atoms. The summed E-state index contributed by atoms with van der Waals surface area (Å²) >= 11 is 12.5. The molecule has 0 saturated heterocycles. The van der Waals surface area contributed by atoms with Crippen LogP contribution in [-0.2, 0) is 0 Å². The third-order valence-corrected chi connectivity index (χ3v) is 4.71. The molecule has 3 aromatic rings. The molecule has 0 bridgehead atoms. The van der Waals surface area contributed by atoms with Crippen LogP contribution in [0.3, 0.4) is 0 Å². The van der Waals surface area contributed by atoms with Gasteiger partial charge in [-0.1, -0.05) is 65.7 Å². The van der Waals surface area contributed by atoms with Crippen LogP contribution in [0, 0.1) is 0 Å². The molecule has 0 aliphatic carbocycles. The van der Waals surface area contributed by atoms with Gasteiger partial charge >= 0.3 is 0 Å². The lowest BCUT2D eigenvalue weighted by Gasteiger charge is -2.19. The quantitative estimate of drug-likeness (QED) is 0.551. The van der Waals surface area contributed by atoms with E-state index < -0.39 is 6.10 Å². The second-order valence-corrected chi connectivity index (χ2v) is 6.80. The highest BCUT2D eigenvalue weighted by Gasteiger charge is 2.18. The van der Waals surface area contributed by atoms with Crippen molar-refractivity contribution in [2.45, 2.75) is 6.10 Å². The van der Waals surface area contributed by atoms with E-state index in [9.17, 15) is 5.11 Å². The SMILES string of the molecule is NCCNc1ccc(C(O)c2ccccc2)c(-c2ccc(Cl)cc2Cl)c1. The van der Waals surface area contributed by atoms with Crippen molar-refractivity contribution in [2.24, 2.45) is 5.73 Å². The van der Waals surface area contributed by atoms with E-state index in [0.29, 0.717) is 23.1 Å². The number of halogens is 2. The lowest BCUT2D eigenvalue weighted by atomic mass is 9.92. The maximum absolute atomic E-state index is 10.9. The number of nitrogens with two attached hydrogens (primary N) is 1. The molecule has 3 rings (SSSR count). The van der Waals surface area contributed by atoms with Gasteiger partial charge in [-0.25, -0.2) is 0 Å². The molecular formula is C21H20Cl2N2O. The fourth-order valence-corrected chi connectivity index (χ4v) is 3.39. The van der Waals surface area contributed by atoms with Gasteiger partial charge in [0.2, 0.25) is 0 Å². The minimum absolute atomic E-state index is 0.533. The van der Waals surface area contributed by atoms with Crippen molar-refractivity contribution in [1.82, 2.24) is 0 Å². The Kier molecular flexibility index (Phi) is 6.17. The Bertz CT molecular complexity index is 884. The summed E-state index contributed by atoms with van der Waals surface area (Å²) in [5.74, 6) is 0. The van der Waals surface area contributed by atoms with Gasteiger partial charge in [-0.3, -0.25) is 0 Å². The topological polar surface area (TPSA) is 58.3 Å². The smallest absolute Gasteiger partial charge is 0.105 e. The van der Waals surface area contributed by atoms with Crippen molar-refractivity contribution in [2.75, 3.05) is 18.4 Å². The summed E-state index contributed by atoms with van der Waals surface area (Å²) in [7, 11) is 0. The molecule has 3 aromatic carbocycles. The van der Waals surface area contributed by atoms with Crippen molar-refractivity contribution < 1.29 is 5.11 Å². The monoisotopic (exact) mass is 386 g/mol. The molecule has 134 valence electrons. The van der Waals surface area contributed by atoms with Crippen LogP contribution in [0.1, 0.15) is 17.2 Å². The van der Waals surface area contributed by atoms with Crippen LogP contribution in [0.2, 0.25) is 10.0 Å². The third-order valence-electron chi connectivity index (χ3n) is 4.16. The second kappa shape index (κ2) is 8.56. The summed E-state index contributed by atoms with van der Waals surface area (Å²) in [5.41, 5.74) is 9.77. The summed E-state index contributed by atoms with van der Waals surface area (Å²) in [6, 6.07) is 20.7. The Balaban J connectivity index is 2.11. The molecule has 1 unspecified atom stereocenters. The standard InChI is InChI=1S/C21H20Cl2N2O/c22-15-6-8-17(20(23)12-15)19-13-16(25-11-10-24)7-9-18(19)21(26)14-4-2-1-3-5-14/h1-9,12-13,21,25-26H,10-11,24H2.